The topological polar surface area (TPSA) is 43.4 Å². The summed E-state index contributed by atoms with van der Waals surface area (Å²) >= 11 is 0. The average molecular weight is 232 g/mol. The Morgan fingerprint density at radius 3 is 2.36 bits per heavy atom. The minimum absolute atomic E-state index is 0. The van der Waals surface area contributed by atoms with Crippen molar-refractivity contribution in [1.82, 2.24) is 0 Å². The number of carbonyl (C=O) groups is 2. The van der Waals surface area contributed by atoms with Crippen LogP contribution in [0, 0.1) is 0 Å². The predicted molar refractivity (Wildman–Crippen MR) is 47.6 cm³/mol. The van der Waals surface area contributed by atoms with Crippen molar-refractivity contribution in [3.05, 3.63) is 24.3 Å². The molecule has 0 radical (unpaired) electrons. The Bertz CT molecular complexity index is 233. The normalized spacial score (nSPS) is 9.29. The molecule has 70 valence electrons. The van der Waals surface area contributed by atoms with Crippen LogP contribution in [0.4, 0.5) is 0 Å². The van der Waals surface area contributed by atoms with Gasteiger partial charge in [0.25, 0.3) is 0 Å². The van der Waals surface area contributed by atoms with Crippen LogP contribution in [0.1, 0.15) is 23.1 Å². The summed E-state index contributed by atoms with van der Waals surface area (Å²) in [4.78, 5) is 21.3. The molecule has 0 aromatic heterocycles. The molecule has 0 rings (SSSR count). The Labute approximate surface area is 152 Å². The number of hydrogen-bond donors (Lipinski definition) is 0. The van der Waals surface area contributed by atoms with E-state index in [1.165, 1.54) is 12.2 Å². The van der Waals surface area contributed by atoms with E-state index in [0.29, 0.717) is 0 Å². The largest absolute Gasteiger partial charge is 1.00 e. The van der Waals surface area contributed by atoms with Crippen LogP contribution >= 0.6 is 0 Å². The molecule has 0 N–H and O–H groups in total. The smallest absolute Gasteiger partial charge is 1.00 e. The predicted octanol–water partition coefficient (Wildman–Crippen LogP) is -4.17. The Morgan fingerprint density at radius 2 is 1.93 bits per heavy atom. The SMILES string of the molecule is C/C=C/C=C/C(=O)OC(=O)CC.[H-].[H-].[K+].[Na+]. The molecule has 0 aromatic carbocycles. The number of allylic oxidation sites excluding steroid dienone is 3. The second kappa shape index (κ2) is 14.3. The van der Waals surface area contributed by atoms with Crippen LogP contribution in [-0.4, -0.2) is 11.9 Å². The zero-order chi connectivity index (χ0) is 9.40. The third-order valence-electron chi connectivity index (χ3n) is 1.04. The van der Waals surface area contributed by atoms with Crippen molar-refractivity contribution in [2.24, 2.45) is 0 Å². The van der Waals surface area contributed by atoms with Gasteiger partial charge in [-0.1, -0.05) is 25.2 Å². The first kappa shape index (κ1) is 20.6. The Hall–Kier alpha value is 1.26. The molecule has 5 heteroatoms. The van der Waals surface area contributed by atoms with Gasteiger partial charge in [-0.05, 0) is 6.92 Å². The maximum atomic E-state index is 10.7. The van der Waals surface area contributed by atoms with Crippen molar-refractivity contribution in [1.29, 1.82) is 0 Å². The van der Waals surface area contributed by atoms with Gasteiger partial charge in [0.1, 0.15) is 0 Å². The molecule has 0 spiro atoms. The van der Waals surface area contributed by atoms with Crippen molar-refractivity contribution in [2.75, 3.05) is 0 Å². The fraction of sp³-hybridized carbons (Fsp3) is 0.333. The zero-order valence-electron chi connectivity index (χ0n) is 11.2. The van der Waals surface area contributed by atoms with E-state index in [1.807, 2.05) is 6.92 Å². The second-order valence-corrected chi connectivity index (χ2v) is 2.03. The van der Waals surface area contributed by atoms with E-state index in [0.717, 1.165) is 0 Å². The maximum absolute atomic E-state index is 10.7. The fourth-order valence-corrected chi connectivity index (χ4v) is 0.464. The summed E-state index contributed by atoms with van der Waals surface area (Å²) in [7, 11) is 0. The monoisotopic (exact) mass is 232 g/mol. The zero-order valence-corrected chi connectivity index (χ0v) is 14.4. The van der Waals surface area contributed by atoms with Crippen molar-refractivity contribution in [3.63, 3.8) is 0 Å². The van der Waals surface area contributed by atoms with E-state index >= 15 is 0 Å². The van der Waals surface area contributed by atoms with Gasteiger partial charge in [-0.15, -0.1) is 0 Å². The molecule has 0 saturated heterocycles. The molecule has 0 aromatic rings. The second-order valence-electron chi connectivity index (χ2n) is 2.03. The van der Waals surface area contributed by atoms with Crippen LogP contribution in [0.2, 0.25) is 0 Å². The van der Waals surface area contributed by atoms with Gasteiger partial charge >= 0.3 is 92.9 Å². The summed E-state index contributed by atoms with van der Waals surface area (Å²) in [6.45, 7) is 3.46. The van der Waals surface area contributed by atoms with Crippen LogP contribution in [0.15, 0.2) is 24.3 Å². The molecule has 0 atom stereocenters. The van der Waals surface area contributed by atoms with Crippen LogP contribution in [0.3, 0.4) is 0 Å². The summed E-state index contributed by atoms with van der Waals surface area (Å²) in [5, 5.41) is 0. The maximum Gasteiger partial charge on any atom is 1.00 e. The number of esters is 2. The number of hydrogen-bond acceptors (Lipinski definition) is 3. The first-order valence-electron chi connectivity index (χ1n) is 3.74. The summed E-state index contributed by atoms with van der Waals surface area (Å²) < 4.78 is 4.35. The van der Waals surface area contributed by atoms with E-state index < -0.39 is 11.9 Å². The molecule has 0 saturated carbocycles. The Kier molecular flexibility index (Phi) is 21.0. The van der Waals surface area contributed by atoms with Gasteiger partial charge in [0.05, 0.1) is 0 Å². The molecule has 0 aliphatic rings. The molecule has 0 unspecified atom stereocenters. The molecule has 0 aliphatic heterocycles. The van der Waals surface area contributed by atoms with Gasteiger partial charge in [0, 0.05) is 12.5 Å². The van der Waals surface area contributed by atoms with Crippen LogP contribution < -0.4 is 80.9 Å². The number of ether oxygens (including phenoxy) is 1. The molecule has 0 bridgehead atoms. The molecule has 0 aliphatic carbocycles. The minimum atomic E-state index is -0.625. The van der Waals surface area contributed by atoms with Crippen molar-refractivity contribution in [3.8, 4) is 0 Å². The van der Waals surface area contributed by atoms with Crippen LogP contribution in [-0.2, 0) is 14.3 Å². The van der Waals surface area contributed by atoms with E-state index in [-0.39, 0.29) is 90.2 Å². The number of carbonyl (C=O) groups excluding carboxylic acids is 2. The van der Waals surface area contributed by atoms with Gasteiger partial charge < -0.3 is 7.59 Å². The van der Waals surface area contributed by atoms with Crippen LogP contribution in [0.5, 0.6) is 0 Å². The van der Waals surface area contributed by atoms with E-state index in [4.69, 9.17) is 0 Å². The van der Waals surface area contributed by atoms with Crippen molar-refractivity contribution in [2.45, 2.75) is 20.3 Å². The summed E-state index contributed by atoms with van der Waals surface area (Å²) in [5.74, 6) is -1.13. The third-order valence-corrected chi connectivity index (χ3v) is 1.04. The van der Waals surface area contributed by atoms with Crippen molar-refractivity contribution >= 4 is 11.9 Å². The van der Waals surface area contributed by atoms with E-state index in [9.17, 15) is 9.59 Å². The molecular formula is C9H14KNaO3. The van der Waals surface area contributed by atoms with Gasteiger partial charge in [0.2, 0.25) is 0 Å². The molecule has 0 heterocycles. The molecular weight excluding hydrogens is 218 g/mol. The summed E-state index contributed by atoms with van der Waals surface area (Å²) in [6.07, 6.45) is 6.38. The van der Waals surface area contributed by atoms with Crippen LogP contribution in [0.25, 0.3) is 0 Å². The quantitative estimate of drug-likeness (QED) is 0.163. The third kappa shape index (κ3) is 13.3. The molecule has 14 heavy (non-hydrogen) atoms. The van der Waals surface area contributed by atoms with Gasteiger partial charge in [-0.25, -0.2) is 4.79 Å². The average Bonchev–Trinajstić information content (AvgIpc) is 2.05. The molecule has 3 nitrogen and oxygen atoms in total. The standard InChI is InChI=1S/C9H12O3.K.Na.2H/c1-3-5-6-7-9(11)12-8(10)4-2;;;;/h3,5-7H,4H2,1-2H3;;;;/q;2*+1;2*-1/b5-3+,7-6+;;;;. The fourth-order valence-electron chi connectivity index (χ4n) is 0.464. The summed E-state index contributed by atoms with van der Waals surface area (Å²) in [6, 6.07) is 0. The van der Waals surface area contributed by atoms with Gasteiger partial charge in [0.15, 0.2) is 0 Å². The van der Waals surface area contributed by atoms with Gasteiger partial charge in [-0.2, -0.15) is 0 Å². The molecule has 0 amide bonds. The number of rotatable bonds is 3. The Morgan fingerprint density at radius 1 is 1.36 bits per heavy atom. The summed E-state index contributed by atoms with van der Waals surface area (Å²) in [5.41, 5.74) is 0. The first-order valence-corrected chi connectivity index (χ1v) is 3.74. The van der Waals surface area contributed by atoms with Gasteiger partial charge in [-0.3, -0.25) is 4.79 Å². The van der Waals surface area contributed by atoms with E-state index in [2.05, 4.69) is 4.74 Å². The Balaban J connectivity index is -0.000000101. The van der Waals surface area contributed by atoms with Crippen molar-refractivity contribution < 1.29 is 98.1 Å². The molecule has 0 fully saturated rings. The van der Waals surface area contributed by atoms with E-state index in [1.54, 1.807) is 19.1 Å². The first-order chi connectivity index (χ1) is 5.70. The minimum Gasteiger partial charge on any atom is -1.00 e.